The first-order chi connectivity index (χ1) is 17.1. The Balaban J connectivity index is 1.54. The van der Waals surface area contributed by atoms with E-state index in [1.165, 1.54) is 23.9 Å². The number of H-pyrrole nitrogens is 1. The largest absolute Gasteiger partial charge is 0.343 e. The van der Waals surface area contributed by atoms with Gasteiger partial charge in [-0.15, -0.1) is 0 Å². The van der Waals surface area contributed by atoms with Gasteiger partial charge in [0.15, 0.2) is 10.9 Å². The first kappa shape index (κ1) is 24.3. The van der Waals surface area contributed by atoms with Crippen molar-refractivity contribution in [1.29, 1.82) is 0 Å². The van der Waals surface area contributed by atoms with E-state index < -0.39 is 10.8 Å². The Morgan fingerprint density at radius 2 is 1.86 bits per heavy atom. The number of non-ortho nitro benzene ring substituents is 1. The van der Waals surface area contributed by atoms with Crippen LogP contribution in [0.4, 0.5) is 11.5 Å². The molecule has 0 fully saturated rings. The number of halogens is 1. The number of ketones is 1. The summed E-state index contributed by atoms with van der Waals surface area (Å²) < 4.78 is 0. The molecule has 2 heterocycles. The van der Waals surface area contributed by atoms with E-state index in [2.05, 4.69) is 10.3 Å². The van der Waals surface area contributed by atoms with Gasteiger partial charge in [-0.1, -0.05) is 67.5 Å². The minimum Gasteiger partial charge on any atom is -0.343 e. The van der Waals surface area contributed by atoms with Crippen molar-refractivity contribution in [2.75, 3.05) is 5.32 Å². The second kappa shape index (κ2) is 9.22. The van der Waals surface area contributed by atoms with Gasteiger partial charge in [0, 0.05) is 46.5 Å². The number of carbonyl (C=O) groups is 1. The summed E-state index contributed by atoms with van der Waals surface area (Å²) in [7, 11) is 0. The van der Waals surface area contributed by atoms with Gasteiger partial charge in [0.1, 0.15) is 5.82 Å². The molecule has 3 aromatic rings. The third-order valence-corrected chi connectivity index (χ3v) is 7.73. The van der Waals surface area contributed by atoms with Gasteiger partial charge >= 0.3 is 0 Å². The van der Waals surface area contributed by atoms with Crippen LogP contribution in [0.1, 0.15) is 49.3 Å². The summed E-state index contributed by atoms with van der Waals surface area (Å²) in [6, 6.07) is 13.5. The minimum absolute atomic E-state index is 0.000317. The Hall–Kier alpha value is -3.43. The number of rotatable bonds is 5. The van der Waals surface area contributed by atoms with Gasteiger partial charge in [0.05, 0.1) is 10.5 Å². The number of nitro groups is 1. The lowest BCUT2D eigenvalue weighted by atomic mass is 9.69. The van der Waals surface area contributed by atoms with Crippen molar-refractivity contribution in [3.8, 4) is 0 Å². The van der Waals surface area contributed by atoms with Crippen LogP contribution in [-0.4, -0.2) is 20.7 Å². The van der Waals surface area contributed by atoms with Crippen LogP contribution in [0.15, 0.2) is 69.8 Å². The summed E-state index contributed by atoms with van der Waals surface area (Å²) in [5, 5.41) is 15.1. The van der Waals surface area contributed by atoms with Gasteiger partial charge in [-0.2, -0.15) is 0 Å². The lowest BCUT2D eigenvalue weighted by Crippen LogP contribution is -2.37. The van der Waals surface area contributed by atoms with Crippen molar-refractivity contribution in [3.05, 3.63) is 102 Å². The standard InChI is InChI=1S/C26H23ClN4O4S/c1-26(2)11-18-21(19(32)12-26)20(16-5-3-4-6-17(16)27)22-23(28-18)29-25(30-24(22)33)36-13-14-7-9-15(10-8-14)31(34)35/h3-10,20H,11-13H2,1-2H3,(H2,28,29,30,33). The third-order valence-electron chi connectivity index (χ3n) is 6.44. The van der Waals surface area contributed by atoms with Gasteiger partial charge in [-0.25, -0.2) is 4.98 Å². The molecule has 36 heavy (non-hydrogen) atoms. The van der Waals surface area contributed by atoms with Crippen LogP contribution in [0.3, 0.4) is 0 Å². The number of anilines is 1. The molecule has 0 radical (unpaired) electrons. The number of nitrogens with one attached hydrogen (secondary N) is 2. The van der Waals surface area contributed by atoms with Crippen LogP contribution in [0.25, 0.3) is 0 Å². The molecule has 10 heteroatoms. The lowest BCUT2D eigenvalue weighted by Gasteiger charge is -2.38. The molecule has 1 unspecified atom stereocenters. The van der Waals surface area contributed by atoms with E-state index in [1.807, 2.05) is 32.0 Å². The van der Waals surface area contributed by atoms with Crippen molar-refractivity contribution < 1.29 is 9.72 Å². The smallest absolute Gasteiger partial charge is 0.269 e. The maximum Gasteiger partial charge on any atom is 0.269 e. The van der Waals surface area contributed by atoms with Crippen LogP contribution in [-0.2, 0) is 10.5 Å². The van der Waals surface area contributed by atoms with Gasteiger partial charge in [0.25, 0.3) is 11.2 Å². The first-order valence-electron chi connectivity index (χ1n) is 11.4. The van der Waals surface area contributed by atoms with E-state index >= 15 is 0 Å². The van der Waals surface area contributed by atoms with Gasteiger partial charge in [-0.05, 0) is 29.0 Å². The summed E-state index contributed by atoms with van der Waals surface area (Å²) in [6.07, 6.45) is 1.03. The molecular weight excluding hydrogens is 500 g/mol. The highest BCUT2D eigenvalue weighted by atomic mass is 35.5. The number of Topliss-reactive ketones (excluding diaryl/α,β-unsaturated/α-hetero) is 1. The number of carbonyl (C=O) groups excluding carboxylic acids is 1. The number of nitrogens with zero attached hydrogens (tertiary/aromatic N) is 2. The van der Waals surface area contributed by atoms with E-state index in [0.29, 0.717) is 51.3 Å². The van der Waals surface area contributed by atoms with Crippen LogP contribution in [0.2, 0.25) is 5.02 Å². The van der Waals surface area contributed by atoms with E-state index in [4.69, 9.17) is 16.6 Å². The van der Waals surface area contributed by atoms with E-state index in [9.17, 15) is 19.7 Å². The van der Waals surface area contributed by atoms with E-state index in [0.717, 1.165) is 11.3 Å². The van der Waals surface area contributed by atoms with Crippen LogP contribution in [0, 0.1) is 15.5 Å². The van der Waals surface area contributed by atoms with Gasteiger partial charge in [0.2, 0.25) is 0 Å². The highest BCUT2D eigenvalue weighted by molar-refractivity contribution is 7.98. The summed E-state index contributed by atoms with van der Waals surface area (Å²) in [6.45, 7) is 4.10. The summed E-state index contributed by atoms with van der Waals surface area (Å²) >= 11 is 7.88. The number of allylic oxidation sites excluding steroid dienone is 2. The molecule has 0 saturated heterocycles. The number of hydrogen-bond donors (Lipinski definition) is 2. The third kappa shape index (κ3) is 4.56. The van der Waals surface area contributed by atoms with Crippen molar-refractivity contribution in [2.45, 2.75) is 43.5 Å². The molecule has 0 spiro atoms. The molecule has 1 aromatic heterocycles. The lowest BCUT2D eigenvalue weighted by molar-refractivity contribution is -0.384. The molecule has 2 aromatic carbocycles. The highest BCUT2D eigenvalue weighted by Gasteiger charge is 2.42. The minimum atomic E-state index is -0.612. The fraction of sp³-hybridized carbons (Fsp3) is 0.269. The van der Waals surface area contributed by atoms with Crippen molar-refractivity contribution in [3.63, 3.8) is 0 Å². The molecule has 2 N–H and O–H groups in total. The summed E-state index contributed by atoms with van der Waals surface area (Å²) in [5.41, 5.74) is 2.74. The number of nitro benzene ring substituents is 1. The first-order valence-corrected chi connectivity index (χ1v) is 12.8. The normalized spacial score (nSPS) is 18.3. The highest BCUT2D eigenvalue weighted by Crippen LogP contribution is 2.48. The molecule has 1 aliphatic carbocycles. The van der Waals surface area contributed by atoms with E-state index in [1.54, 1.807) is 18.2 Å². The van der Waals surface area contributed by atoms with Crippen molar-refractivity contribution in [2.24, 2.45) is 5.41 Å². The molecule has 0 saturated carbocycles. The quantitative estimate of drug-likeness (QED) is 0.187. The molecule has 184 valence electrons. The maximum absolute atomic E-state index is 13.4. The predicted molar refractivity (Wildman–Crippen MR) is 139 cm³/mol. The van der Waals surface area contributed by atoms with Crippen molar-refractivity contribution >= 4 is 40.7 Å². The number of thioether (sulfide) groups is 1. The van der Waals surface area contributed by atoms with E-state index in [-0.39, 0.29) is 22.4 Å². The maximum atomic E-state index is 13.4. The Kier molecular flexibility index (Phi) is 6.22. The number of aromatic amines is 1. The predicted octanol–water partition coefficient (Wildman–Crippen LogP) is 5.82. The molecule has 2 aliphatic rings. The Labute approximate surface area is 216 Å². The molecule has 0 amide bonds. The van der Waals surface area contributed by atoms with Gasteiger partial charge < -0.3 is 10.3 Å². The molecule has 8 nitrogen and oxygen atoms in total. The Morgan fingerprint density at radius 3 is 2.56 bits per heavy atom. The molecule has 1 aliphatic heterocycles. The SMILES string of the molecule is CC1(C)CC(=O)C2=C(C1)Nc1nc(SCc3ccc([N+](=O)[O-])cc3)[nH]c(=O)c1C2c1ccccc1Cl. The van der Waals surface area contributed by atoms with Crippen LogP contribution < -0.4 is 10.9 Å². The second-order valence-electron chi connectivity index (χ2n) is 9.76. The number of benzene rings is 2. The zero-order chi connectivity index (χ0) is 25.6. The van der Waals surface area contributed by atoms with Gasteiger partial charge in [-0.3, -0.25) is 19.7 Å². The molecular formula is C26H23ClN4O4S. The number of hydrogen-bond acceptors (Lipinski definition) is 7. The summed E-state index contributed by atoms with van der Waals surface area (Å²) in [4.78, 5) is 44.8. The monoisotopic (exact) mass is 522 g/mol. The summed E-state index contributed by atoms with van der Waals surface area (Å²) in [5.74, 6) is 0.269. The van der Waals surface area contributed by atoms with Crippen LogP contribution >= 0.6 is 23.4 Å². The fourth-order valence-corrected chi connectivity index (χ4v) is 5.91. The molecule has 0 bridgehead atoms. The fourth-order valence-electron chi connectivity index (χ4n) is 4.85. The molecule has 5 rings (SSSR count). The number of aromatic nitrogens is 2. The topological polar surface area (TPSA) is 118 Å². The molecule has 1 atom stereocenters. The Morgan fingerprint density at radius 1 is 1.14 bits per heavy atom. The average Bonchev–Trinajstić information content (AvgIpc) is 2.81. The van der Waals surface area contributed by atoms with Crippen LogP contribution in [0.5, 0.6) is 0 Å². The second-order valence-corrected chi connectivity index (χ2v) is 11.1. The average molecular weight is 523 g/mol. The zero-order valence-electron chi connectivity index (χ0n) is 19.6. The zero-order valence-corrected chi connectivity index (χ0v) is 21.2. The number of fused-ring (bicyclic) bond motifs is 1. The van der Waals surface area contributed by atoms with Crippen molar-refractivity contribution in [1.82, 2.24) is 9.97 Å². The Bertz CT molecular complexity index is 1480.